The third-order valence-electron chi connectivity index (χ3n) is 5.75. The van der Waals surface area contributed by atoms with E-state index in [0.717, 1.165) is 24.2 Å². The molecule has 1 aliphatic rings. The number of nitrogens with zero attached hydrogens (tertiary/aromatic N) is 4. The van der Waals surface area contributed by atoms with Crippen molar-refractivity contribution in [3.8, 4) is 0 Å². The molecule has 7 nitrogen and oxygen atoms in total. The van der Waals surface area contributed by atoms with Gasteiger partial charge in [-0.25, -0.2) is 4.68 Å². The number of hydrogen-bond acceptors (Lipinski definition) is 8. The van der Waals surface area contributed by atoms with Gasteiger partial charge < -0.3 is 14.0 Å². The van der Waals surface area contributed by atoms with Gasteiger partial charge in [-0.3, -0.25) is 0 Å². The van der Waals surface area contributed by atoms with Crippen LogP contribution in [0.25, 0.3) is 0 Å². The van der Waals surface area contributed by atoms with Crippen LogP contribution < -0.4 is 0 Å². The number of thiocarbonyl (C=S) groups is 1. The maximum atomic E-state index is 6.21. The van der Waals surface area contributed by atoms with E-state index in [1.165, 1.54) is 0 Å². The van der Waals surface area contributed by atoms with E-state index in [4.69, 9.17) is 26.3 Å². The number of hydrogen-bond donors (Lipinski definition) is 0. The molecular weight excluding hydrogens is 431 g/mol. The van der Waals surface area contributed by atoms with Gasteiger partial charge in [0.2, 0.25) is 4.38 Å². The maximum absolute atomic E-state index is 6.21. The summed E-state index contributed by atoms with van der Waals surface area (Å²) < 4.78 is 20.3. The van der Waals surface area contributed by atoms with Crippen LogP contribution >= 0.6 is 24.0 Å². The van der Waals surface area contributed by atoms with E-state index < -0.39 is 0 Å². The lowest BCUT2D eigenvalue weighted by molar-refractivity contribution is 0.00578. The second-order valence-electron chi connectivity index (χ2n) is 8.62. The molecule has 2 heterocycles. The molecular formula is C21H31BN4O3S2. The van der Waals surface area contributed by atoms with Crippen molar-refractivity contribution >= 4 is 35.5 Å². The van der Waals surface area contributed by atoms with Gasteiger partial charge >= 0.3 is 7.12 Å². The van der Waals surface area contributed by atoms with Gasteiger partial charge in [-0.05, 0) is 75.6 Å². The average Bonchev–Trinajstić information content (AvgIpc) is 3.21. The van der Waals surface area contributed by atoms with Gasteiger partial charge in [0, 0.05) is 11.7 Å². The minimum absolute atomic E-state index is 0.163. The molecule has 168 valence electrons. The lowest BCUT2D eigenvalue weighted by Gasteiger charge is -2.32. The summed E-state index contributed by atoms with van der Waals surface area (Å²) >= 11 is 6.96. The number of rotatable bonds is 9. The van der Waals surface area contributed by atoms with Gasteiger partial charge in [0.05, 0.1) is 24.4 Å². The zero-order valence-electron chi connectivity index (χ0n) is 18.9. The largest absolute Gasteiger partial charge is 0.479 e. The molecule has 3 rings (SSSR count). The predicted molar refractivity (Wildman–Crippen MR) is 128 cm³/mol. The quantitative estimate of drug-likeness (QED) is 0.406. The first-order valence-electron chi connectivity index (χ1n) is 10.7. The standard InChI is InChI=1S/C21H31BN4O3S2/c1-6-27-19(30)31-17(14-22-28-20(2,3)21(4,5)29-22)12-13-18-23-24-25-26(18)15-16-10-8-7-9-11-16/h7-11,17H,6,12-15H2,1-5H3. The number of tetrazole rings is 1. The molecule has 10 heteroatoms. The Bertz CT molecular complexity index is 847. The Kier molecular flexibility index (Phi) is 8.12. The second-order valence-corrected chi connectivity index (χ2v) is 10.5. The Morgan fingerprint density at radius 2 is 1.87 bits per heavy atom. The fourth-order valence-electron chi connectivity index (χ4n) is 3.36. The summed E-state index contributed by atoms with van der Waals surface area (Å²) in [5, 5.41) is 12.5. The van der Waals surface area contributed by atoms with Crippen molar-refractivity contribution < 1.29 is 14.0 Å². The fraction of sp³-hybridized carbons (Fsp3) is 0.619. The molecule has 1 atom stereocenters. The lowest BCUT2D eigenvalue weighted by Crippen LogP contribution is -2.41. The van der Waals surface area contributed by atoms with E-state index in [2.05, 4.69) is 55.4 Å². The van der Waals surface area contributed by atoms with Crippen LogP contribution in [0.2, 0.25) is 6.32 Å². The summed E-state index contributed by atoms with van der Waals surface area (Å²) in [6.07, 6.45) is 2.27. The minimum atomic E-state index is -0.354. The first kappa shape index (κ1) is 24.2. The smallest absolute Gasteiger partial charge is 0.458 e. The Labute approximate surface area is 194 Å². The highest BCUT2D eigenvalue weighted by molar-refractivity contribution is 8.23. The van der Waals surface area contributed by atoms with Crippen LogP contribution in [0.5, 0.6) is 0 Å². The van der Waals surface area contributed by atoms with Crippen LogP contribution in [0.15, 0.2) is 30.3 Å². The molecule has 1 aromatic heterocycles. The van der Waals surface area contributed by atoms with Crippen molar-refractivity contribution in [2.45, 2.75) is 76.8 Å². The molecule has 0 saturated carbocycles. The van der Waals surface area contributed by atoms with Gasteiger partial charge in [0.15, 0.2) is 5.82 Å². The van der Waals surface area contributed by atoms with Crippen molar-refractivity contribution in [1.29, 1.82) is 0 Å². The van der Waals surface area contributed by atoms with Crippen LogP contribution in [0.4, 0.5) is 0 Å². The third kappa shape index (κ3) is 6.50. The number of benzene rings is 1. The van der Waals surface area contributed by atoms with Gasteiger partial charge in [0.25, 0.3) is 0 Å². The van der Waals surface area contributed by atoms with Crippen LogP contribution in [-0.2, 0) is 27.0 Å². The zero-order chi connectivity index (χ0) is 22.5. The number of aromatic nitrogens is 4. The first-order chi connectivity index (χ1) is 14.7. The SMILES string of the molecule is CCOC(=S)SC(CCc1nnnn1Cc1ccccc1)CB1OC(C)(C)C(C)(C)O1. The summed E-state index contributed by atoms with van der Waals surface area (Å²) in [6, 6.07) is 10.2. The Morgan fingerprint density at radius 1 is 1.19 bits per heavy atom. The van der Waals surface area contributed by atoms with Gasteiger partial charge in [-0.1, -0.05) is 42.1 Å². The molecule has 1 saturated heterocycles. The van der Waals surface area contributed by atoms with Crippen molar-refractivity contribution in [2.24, 2.45) is 0 Å². The van der Waals surface area contributed by atoms with E-state index >= 15 is 0 Å². The van der Waals surface area contributed by atoms with Gasteiger partial charge in [-0.2, -0.15) is 0 Å². The Balaban J connectivity index is 1.64. The highest BCUT2D eigenvalue weighted by Gasteiger charge is 2.51. The van der Waals surface area contributed by atoms with Crippen LogP contribution in [-0.4, -0.2) is 54.8 Å². The Hall–Kier alpha value is -1.49. The van der Waals surface area contributed by atoms with E-state index in [1.54, 1.807) is 11.8 Å². The average molecular weight is 462 g/mol. The molecule has 2 aromatic rings. The highest BCUT2D eigenvalue weighted by atomic mass is 32.2. The maximum Gasteiger partial charge on any atom is 0.458 e. The van der Waals surface area contributed by atoms with Crippen LogP contribution in [0.3, 0.4) is 0 Å². The normalized spacial score (nSPS) is 18.2. The molecule has 0 bridgehead atoms. The topological polar surface area (TPSA) is 71.3 Å². The molecule has 1 aromatic carbocycles. The molecule has 0 amide bonds. The molecule has 0 spiro atoms. The van der Waals surface area contributed by atoms with Crippen molar-refractivity contribution in [1.82, 2.24) is 20.2 Å². The van der Waals surface area contributed by atoms with E-state index in [0.29, 0.717) is 23.9 Å². The minimum Gasteiger partial charge on any atom is -0.479 e. The van der Waals surface area contributed by atoms with Gasteiger partial charge in [0.1, 0.15) is 0 Å². The number of aryl methyl sites for hydroxylation is 1. The molecule has 1 unspecified atom stereocenters. The third-order valence-corrected chi connectivity index (χ3v) is 7.23. The van der Waals surface area contributed by atoms with E-state index in [-0.39, 0.29) is 23.6 Å². The van der Waals surface area contributed by atoms with Crippen molar-refractivity contribution in [3.05, 3.63) is 41.7 Å². The fourth-order valence-corrected chi connectivity index (χ4v) is 4.83. The van der Waals surface area contributed by atoms with Gasteiger partial charge in [-0.15, -0.1) is 5.10 Å². The summed E-state index contributed by atoms with van der Waals surface area (Å²) in [4.78, 5) is 0. The molecule has 1 fully saturated rings. The summed E-state index contributed by atoms with van der Waals surface area (Å²) in [7, 11) is -0.285. The Morgan fingerprint density at radius 3 is 2.52 bits per heavy atom. The first-order valence-corrected chi connectivity index (χ1v) is 12.0. The molecule has 0 aliphatic carbocycles. The number of ether oxygens (including phenoxy) is 1. The van der Waals surface area contributed by atoms with Crippen molar-refractivity contribution in [3.63, 3.8) is 0 Å². The van der Waals surface area contributed by atoms with Crippen LogP contribution in [0, 0.1) is 0 Å². The summed E-state index contributed by atoms with van der Waals surface area (Å²) in [6.45, 7) is 11.4. The number of thioether (sulfide) groups is 1. The van der Waals surface area contributed by atoms with E-state index in [9.17, 15) is 0 Å². The van der Waals surface area contributed by atoms with Crippen LogP contribution in [0.1, 0.15) is 52.4 Å². The summed E-state index contributed by atoms with van der Waals surface area (Å²) in [5.74, 6) is 0.852. The summed E-state index contributed by atoms with van der Waals surface area (Å²) in [5.41, 5.74) is 0.455. The van der Waals surface area contributed by atoms with Crippen molar-refractivity contribution in [2.75, 3.05) is 6.61 Å². The molecule has 1 aliphatic heterocycles. The second kappa shape index (κ2) is 10.4. The lowest BCUT2D eigenvalue weighted by atomic mass is 9.82. The monoisotopic (exact) mass is 462 g/mol. The molecule has 0 radical (unpaired) electrons. The highest BCUT2D eigenvalue weighted by Crippen LogP contribution is 2.39. The van der Waals surface area contributed by atoms with E-state index in [1.807, 2.05) is 29.8 Å². The predicted octanol–water partition coefficient (Wildman–Crippen LogP) is 4.17. The zero-order valence-corrected chi connectivity index (χ0v) is 20.5. The molecule has 0 N–H and O–H groups in total. The molecule has 31 heavy (non-hydrogen) atoms.